The predicted octanol–water partition coefficient (Wildman–Crippen LogP) is 3.76. The van der Waals surface area contributed by atoms with Crippen molar-refractivity contribution < 1.29 is 14.3 Å². The molecule has 0 saturated carbocycles. The first-order chi connectivity index (χ1) is 12.1. The summed E-state index contributed by atoms with van der Waals surface area (Å²) in [7, 11) is 0. The van der Waals surface area contributed by atoms with Gasteiger partial charge in [0, 0.05) is 29.1 Å². The van der Waals surface area contributed by atoms with E-state index in [-0.39, 0.29) is 6.42 Å². The molecule has 0 aliphatic heterocycles. The van der Waals surface area contributed by atoms with Crippen LogP contribution in [-0.2, 0) is 11.2 Å². The molecule has 2 heterocycles. The van der Waals surface area contributed by atoms with Crippen molar-refractivity contribution in [3.63, 3.8) is 0 Å². The van der Waals surface area contributed by atoms with Crippen LogP contribution in [-0.4, -0.2) is 22.6 Å². The van der Waals surface area contributed by atoms with Crippen molar-refractivity contribution in [3.8, 4) is 10.6 Å². The minimum absolute atomic E-state index is 0.164. The molecular weight excluding hydrogens is 340 g/mol. The normalized spacial score (nSPS) is 10.9. The van der Waals surface area contributed by atoms with Crippen LogP contribution in [0.15, 0.2) is 38.9 Å². The Kier molecular flexibility index (Phi) is 5.14. The van der Waals surface area contributed by atoms with Gasteiger partial charge in [-0.25, -0.2) is 9.78 Å². The average molecular weight is 358 g/mol. The van der Waals surface area contributed by atoms with Gasteiger partial charge in [-0.3, -0.25) is 4.79 Å². The molecule has 0 fully saturated rings. The highest BCUT2D eigenvalue weighted by molar-refractivity contribution is 7.13. The summed E-state index contributed by atoms with van der Waals surface area (Å²) in [6.45, 7) is 3.00. The van der Waals surface area contributed by atoms with Gasteiger partial charge in [-0.05, 0) is 24.6 Å². The maximum absolute atomic E-state index is 12.3. The number of hydrogen-bond donors (Lipinski definition) is 2. The quantitative estimate of drug-likeness (QED) is 0.493. The maximum Gasteiger partial charge on any atom is 0.346 e. The largest absolute Gasteiger partial charge is 0.481 e. The summed E-state index contributed by atoms with van der Waals surface area (Å²) in [5.74, 6) is -0.953. The molecule has 3 aromatic rings. The van der Waals surface area contributed by atoms with Gasteiger partial charge in [0.25, 0.3) is 0 Å². The molecule has 0 atom stereocenters. The minimum atomic E-state index is -0.953. The fourth-order valence-electron chi connectivity index (χ4n) is 2.45. The molecule has 0 aliphatic rings. The van der Waals surface area contributed by atoms with Crippen molar-refractivity contribution in [2.45, 2.75) is 26.2 Å². The number of rotatable bonds is 7. The molecule has 1 aromatic carbocycles. The van der Waals surface area contributed by atoms with E-state index in [1.54, 1.807) is 11.4 Å². The molecule has 0 unspecified atom stereocenters. The topological polar surface area (TPSA) is 92.4 Å². The zero-order chi connectivity index (χ0) is 17.8. The van der Waals surface area contributed by atoms with E-state index in [4.69, 9.17) is 9.52 Å². The third kappa shape index (κ3) is 4.06. The fourth-order valence-corrected chi connectivity index (χ4v) is 3.27. The fraction of sp³-hybridized carbons (Fsp3) is 0.278. The third-order valence-corrected chi connectivity index (χ3v) is 4.63. The summed E-state index contributed by atoms with van der Waals surface area (Å²) in [5.41, 5.74) is 1.73. The van der Waals surface area contributed by atoms with Crippen molar-refractivity contribution in [1.82, 2.24) is 4.98 Å². The van der Waals surface area contributed by atoms with Gasteiger partial charge in [0.1, 0.15) is 10.6 Å². The van der Waals surface area contributed by atoms with Crippen molar-refractivity contribution in [2.24, 2.45) is 0 Å². The number of thiazole rings is 1. The number of nitrogens with one attached hydrogen (secondary N) is 1. The molecule has 0 saturated heterocycles. The van der Waals surface area contributed by atoms with Crippen molar-refractivity contribution in [3.05, 3.63) is 45.8 Å². The molecule has 2 N–H and O–H groups in total. The van der Waals surface area contributed by atoms with Crippen molar-refractivity contribution in [2.75, 3.05) is 11.9 Å². The third-order valence-electron chi connectivity index (χ3n) is 3.71. The number of anilines is 1. The van der Waals surface area contributed by atoms with E-state index in [0.717, 1.165) is 30.5 Å². The van der Waals surface area contributed by atoms with E-state index < -0.39 is 11.6 Å². The van der Waals surface area contributed by atoms with Gasteiger partial charge in [-0.15, -0.1) is 11.3 Å². The summed E-state index contributed by atoms with van der Waals surface area (Å²) in [6.07, 6.45) is 2.02. The Bertz CT molecular complexity index is 961. The summed E-state index contributed by atoms with van der Waals surface area (Å²) < 4.78 is 5.44. The van der Waals surface area contributed by atoms with Crippen LogP contribution in [0.5, 0.6) is 0 Å². The van der Waals surface area contributed by atoms with Gasteiger partial charge in [-0.1, -0.05) is 13.3 Å². The van der Waals surface area contributed by atoms with Crippen LogP contribution in [0, 0.1) is 0 Å². The number of hydrogen-bond acceptors (Lipinski definition) is 6. The van der Waals surface area contributed by atoms with E-state index in [1.807, 2.05) is 18.2 Å². The van der Waals surface area contributed by atoms with Crippen LogP contribution < -0.4 is 10.9 Å². The van der Waals surface area contributed by atoms with Crippen LogP contribution in [0.3, 0.4) is 0 Å². The number of aliphatic carboxylic acids is 1. The standard InChI is InChI=1S/C18H18N2O4S/c1-2-3-6-19-12-5-4-11-7-14(18(23)24-15(11)8-12)17-20-13(10-25-17)9-16(21)22/h4-5,7-8,10,19H,2-3,6,9H2,1H3,(H,21,22). The number of carboxylic acids is 1. The Morgan fingerprint density at radius 3 is 2.96 bits per heavy atom. The summed E-state index contributed by atoms with van der Waals surface area (Å²) in [4.78, 5) is 27.3. The van der Waals surface area contributed by atoms with Crippen LogP contribution in [0.4, 0.5) is 5.69 Å². The molecule has 25 heavy (non-hydrogen) atoms. The van der Waals surface area contributed by atoms with Gasteiger partial charge in [0.15, 0.2) is 0 Å². The van der Waals surface area contributed by atoms with Crippen LogP contribution >= 0.6 is 11.3 Å². The second-order valence-electron chi connectivity index (χ2n) is 5.69. The second kappa shape index (κ2) is 7.48. The number of nitrogens with zero attached hydrogens (tertiary/aromatic N) is 1. The minimum Gasteiger partial charge on any atom is -0.481 e. The van der Waals surface area contributed by atoms with Crippen LogP contribution in [0.25, 0.3) is 21.5 Å². The Labute approximate surface area is 148 Å². The second-order valence-corrected chi connectivity index (χ2v) is 6.55. The summed E-state index contributed by atoms with van der Waals surface area (Å²) in [6, 6.07) is 7.38. The molecule has 130 valence electrons. The Morgan fingerprint density at radius 1 is 1.36 bits per heavy atom. The number of benzene rings is 1. The van der Waals surface area contributed by atoms with Gasteiger partial charge < -0.3 is 14.8 Å². The lowest BCUT2D eigenvalue weighted by molar-refractivity contribution is -0.136. The lowest BCUT2D eigenvalue weighted by Gasteiger charge is -2.06. The average Bonchev–Trinajstić information content (AvgIpc) is 3.01. The zero-order valence-corrected chi connectivity index (χ0v) is 14.6. The van der Waals surface area contributed by atoms with Crippen molar-refractivity contribution >= 4 is 34.0 Å². The van der Waals surface area contributed by atoms with E-state index >= 15 is 0 Å². The van der Waals surface area contributed by atoms with E-state index in [1.165, 1.54) is 11.3 Å². The lowest BCUT2D eigenvalue weighted by atomic mass is 10.1. The van der Waals surface area contributed by atoms with E-state index in [0.29, 0.717) is 21.8 Å². The first-order valence-electron chi connectivity index (χ1n) is 8.05. The number of aromatic nitrogens is 1. The number of unbranched alkanes of at least 4 members (excludes halogenated alkanes) is 1. The SMILES string of the molecule is CCCCNc1ccc2cc(-c3nc(CC(=O)O)cs3)c(=O)oc2c1. The molecular formula is C18H18N2O4S. The van der Waals surface area contributed by atoms with Crippen molar-refractivity contribution in [1.29, 1.82) is 0 Å². The molecule has 0 bridgehead atoms. The number of carboxylic acid groups (broad SMARTS) is 1. The summed E-state index contributed by atoms with van der Waals surface area (Å²) in [5, 5.41) is 15.0. The van der Waals surface area contributed by atoms with Gasteiger partial charge in [0.2, 0.25) is 0 Å². The Morgan fingerprint density at radius 2 is 2.20 bits per heavy atom. The first kappa shape index (κ1) is 17.2. The number of carbonyl (C=O) groups is 1. The number of fused-ring (bicyclic) bond motifs is 1. The van der Waals surface area contributed by atoms with Crippen LogP contribution in [0.2, 0.25) is 0 Å². The first-order valence-corrected chi connectivity index (χ1v) is 8.93. The zero-order valence-electron chi connectivity index (χ0n) is 13.7. The van der Waals surface area contributed by atoms with E-state index in [9.17, 15) is 9.59 Å². The molecule has 3 rings (SSSR count). The molecule has 0 aliphatic carbocycles. The molecule has 0 spiro atoms. The monoisotopic (exact) mass is 358 g/mol. The van der Waals surface area contributed by atoms with Crippen LogP contribution in [0.1, 0.15) is 25.5 Å². The summed E-state index contributed by atoms with van der Waals surface area (Å²) >= 11 is 1.24. The highest BCUT2D eigenvalue weighted by Crippen LogP contribution is 2.26. The molecule has 6 nitrogen and oxygen atoms in total. The molecule has 7 heteroatoms. The van der Waals surface area contributed by atoms with Gasteiger partial charge in [-0.2, -0.15) is 0 Å². The van der Waals surface area contributed by atoms with Gasteiger partial charge in [0.05, 0.1) is 17.7 Å². The van der Waals surface area contributed by atoms with Gasteiger partial charge >= 0.3 is 11.6 Å². The lowest BCUT2D eigenvalue weighted by Crippen LogP contribution is -2.04. The molecule has 0 radical (unpaired) electrons. The molecule has 2 aromatic heterocycles. The maximum atomic E-state index is 12.3. The predicted molar refractivity (Wildman–Crippen MR) is 98.3 cm³/mol. The highest BCUT2D eigenvalue weighted by atomic mass is 32.1. The Hall–Kier alpha value is -2.67. The highest BCUT2D eigenvalue weighted by Gasteiger charge is 2.13. The smallest absolute Gasteiger partial charge is 0.346 e. The molecule has 0 amide bonds. The van der Waals surface area contributed by atoms with E-state index in [2.05, 4.69) is 17.2 Å². The Balaban J connectivity index is 1.91.